The van der Waals surface area contributed by atoms with Crippen molar-refractivity contribution in [2.75, 3.05) is 6.26 Å². The molecule has 0 aliphatic heterocycles. The van der Waals surface area contributed by atoms with Crippen LogP contribution in [-0.2, 0) is 0 Å². The van der Waals surface area contributed by atoms with Gasteiger partial charge in [0.25, 0.3) is 5.91 Å². The maximum absolute atomic E-state index is 12.4. The number of carbonyl (C=O) groups excluding carboxylic acids is 1. The largest absolute Gasteiger partial charge is 0.349 e. The van der Waals surface area contributed by atoms with E-state index in [1.165, 1.54) is 19.3 Å². The van der Waals surface area contributed by atoms with Gasteiger partial charge in [0, 0.05) is 16.5 Å². The summed E-state index contributed by atoms with van der Waals surface area (Å²) in [5.74, 6) is 0.961. The van der Waals surface area contributed by atoms with Crippen molar-refractivity contribution in [1.29, 1.82) is 0 Å². The second kappa shape index (κ2) is 7.16. The Morgan fingerprint density at radius 1 is 1.30 bits per heavy atom. The van der Waals surface area contributed by atoms with Crippen LogP contribution < -0.4 is 5.32 Å². The highest BCUT2D eigenvalue weighted by atomic mass is 32.2. The summed E-state index contributed by atoms with van der Waals surface area (Å²) >= 11 is 1.68. The Hall–Kier alpha value is -0.960. The molecule has 0 bridgehead atoms. The number of hydrogen-bond donors (Lipinski definition) is 1. The van der Waals surface area contributed by atoms with E-state index in [2.05, 4.69) is 18.3 Å². The van der Waals surface area contributed by atoms with Crippen LogP contribution >= 0.6 is 11.8 Å². The van der Waals surface area contributed by atoms with Crippen LogP contribution in [0, 0.1) is 12.8 Å². The van der Waals surface area contributed by atoms with Gasteiger partial charge < -0.3 is 5.32 Å². The van der Waals surface area contributed by atoms with Gasteiger partial charge >= 0.3 is 0 Å². The van der Waals surface area contributed by atoms with E-state index in [-0.39, 0.29) is 5.91 Å². The Labute approximate surface area is 126 Å². The van der Waals surface area contributed by atoms with Crippen LogP contribution in [0.2, 0.25) is 0 Å². The van der Waals surface area contributed by atoms with Gasteiger partial charge in [-0.3, -0.25) is 4.79 Å². The topological polar surface area (TPSA) is 29.1 Å². The highest BCUT2D eigenvalue weighted by molar-refractivity contribution is 7.98. The van der Waals surface area contributed by atoms with Crippen LogP contribution in [0.15, 0.2) is 23.1 Å². The molecule has 2 nitrogen and oxygen atoms in total. The van der Waals surface area contributed by atoms with Crippen LogP contribution in [-0.4, -0.2) is 18.2 Å². The average molecular weight is 291 g/mol. The molecule has 0 spiro atoms. The standard InChI is InChI=1S/C17H25NOS/c1-4-13-6-8-14(9-7-13)18-17(19)16-11-15(20-3)10-5-12(16)2/h5,10-11,13-14H,4,6-9H2,1-3H3,(H,18,19). The van der Waals surface area contributed by atoms with Gasteiger partial charge in [-0.1, -0.05) is 19.4 Å². The molecule has 1 amide bonds. The van der Waals surface area contributed by atoms with Gasteiger partial charge in [-0.15, -0.1) is 11.8 Å². The third-order valence-electron chi connectivity index (χ3n) is 4.45. The van der Waals surface area contributed by atoms with E-state index in [0.717, 1.165) is 34.8 Å². The molecule has 1 saturated carbocycles. The molecule has 3 heteroatoms. The zero-order valence-electron chi connectivity index (χ0n) is 12.7. The molecule has 1 aromatic rings. The summed E-state index contributed by atoms with van der Waals surface area (Å²) in [6, 6.07) is 6.48. The van der Waals surface area contributed by atoms with Gasteiger partial charge in [0.1, 0.15) is 0 Å². The number of aryl methyl sites for hydroxylation is 1. The van der Waals surface area contributed by atoms with E-state index >= 15 is 0 Å². The predicted molar refractivity (Wildman–Crippen MR) is 86.5 cm³/mol. The first-order valence-corrected chi connectivity index (χ1v) is 8.82. The minimum atomic E-state index is 0.0957. The molecule has 1 aromatic carbocycles. The quantitative estimate of drug-likeness (QED) is 0.832. The summed E-state index contributed by atoms with van der Waals surface area (Å²) in [6.07, 6.45) is 8.08. The van der Waals surface area contributed by atoms with Crippen molar-refractivity contribution in [2.24, 2.45) is 5.92 Å². The lowest BCUT2D eigenvalue weighted by Gasteiger charge is -2.28. The first kappa shape index (κ1) is 15.4. The lowest BCUT2D eigenvalue weighted by Crippen LogP contribution is -2.37. The highest BCUT2D eigenvalue weighted by Gasteiger charge is 2.22. The number of thioether (sulfide) groups is 1. The van der Waals surface area contributed by atoms with Crippen molar-refractivity contribution in [3.8, 4) is 0 Å². The van der Waals surface area contributed by atoms with E-state index < -0.39 is 0 Å². The van der Waals surface area contributed by atoms with Gasteiger partial charge in [0.15, 0.2) is 0 Å². The van der Waals surface area contributed by atoms with Gasteiger partial charge in [-0.2, -0.15) is 0 Å². The monoisotopic (exact) mass is 291 g/mol. The minimum Gasteiger partial charge on any atom is -0.349 e. The molecule has 0 saturated heterocycles. The van der Waals surface area contributed by atoms with Crippen molar-refractivity contribution in [3.63, 3.8) is 0 Å². The molecule has 110 valence electrons. The second-order valence-corrected chi connectivity index (χ2v) is 6.66. The summed E-state index contributed by atoms with van der Waals surface area (Å²) in [5, 5.41) is 3.22. The van der Waals surface area contributed by atoms with Gasteiger partial charge in [-0.25, -0.2) is 0 Å². The molecule has 0 unspecified atom stereocenters. The van der Waals surface area contributed by atoms with E-state index in [4.69, 9.17) is 0 Å². The molecule has 0 radical (unpaired) electrons. The number of hydrogen-bond acceptors (Lipinski definition) is 2. The van der Waals surface area contributed by atoms with E-state index in [0.29, 0.717) is 6.04 Å². The normalized spacial score (nSPS) is 22.6. The number of benzene rings is 1. The summed E-state index contributed by atoms with van der Waals surface area (Å²) < 4.78 is 0. The first-order valence-electron chi connectivity index (χ1n) is 7.59. The molecule has 20 heavy (non-hydrogen) atoms. The molecule has 1 aliphatic carbocycles. The van der Waals surface area contributed by atoms with Crippen LogP contribution in [0.3, 0.4) is 0 Å². The molecule has 0 aromatic heterocycles. The Morgan fingerprint density at radius 2 is 2.00 bits per heavy atom. The summed E-state index contributed by atoms with van der Waals surface area (Å²) in [5.41, 5.74) is 1.89. The van der Waals surface area contributed by atoms with E-state index in [1.54, 1.807) is 11.8 Å². The number of nitrogens with one attached hydrogen (secondary N) is 1. The van der Waals surface area contributed by atoms with E-state index in [9.17, 15) is 4.79 Å². The summed E-state index contributed by atoms with van der Waals surface area (Å²) in [4.78, 5) is 13.6. The number of amides is 1. The summed E-state index contributed by atoms with van der Waals surface area (Å²) in [7, 11) is 0. The fraction of sp³-hybridized carbons (Fsp3) is 0.588. The number of carbonyl (C=O) groups is 1. The first-order chi connectivity index (χ1) is 9.63. The lowest BCUT2D eigenvalue weighted by molar-refractivity contribution is 0.0921. The lowest BCUT2D eigenvalue weighted by atomic mass is 9.84. The molecular weight excluding hydrogens is 266 g/mol. The molecule has 0 atom stereocenters. The predicted octanol–water partition coefficient (Wildman–Crippen LogP) is 4.42. The Bertz CT molecular complexity index is 464. The fourth-order valence-corrected chi connectivity index (χ4v) is 3.39. The third-order valence-corrected chi connectivity index (χ3v) is 5.17. The molecular formula is C17H25NOS. The Morgan fingerprint density at radius 3 is 2.60 bits per heavy atom. The smallest absolute Gasteiger partial charge is 0.251 e. The summed E-state index contributed by atoms with van der Waals surface area (Å²) in [6.45, 7) is 4.27. The zero-order chi connectivity index (χ0) is 14.5. The molecule has 1 aliphatic rings. The second-order valence-electron chi connectivity index (χ2n) is 5.78. The maximum Gasteiger partial charge on any atom is 0.251 e. The van der Waals surface area contributed by atoms with Crippen LogP contribution in [0.5, 0.6) is 0 Å². The van der Waals surface area contributed by atoms with Crippen molar-refractivity contribution >= 4 is 17.7 Å². The SMILES string of the molecule is CCC1CCC(NC(=O)c2cc(SC)ccc2C)CC1. The Kier molecular flexibility index (Phi) is 5.53. The van der Waals surface area contributed by atoms with Crippen molar-refractivity contribution in [3.05, 3.63) is 29.3 Å². The van der Waals surface area contributed by atoms with Gasteiger partial charge in [0.05, 0.1) is 0 Å². The molecule has 0 heterocycles. The van der Waals surface area contributed by atoms with Crippen LogP contribution in [0.1, 0.15) is 54.9 Å². The molecule has 1 N–H and O–H groups in total. The zero-order valence-corrected chi connectivity index (χ0v) is 13.6. The van der Waals surface area contributed by atoms with Gasteiger partial charge in [-0.05, 0) is 62.5 Å². The van der Waals surface area contributed by atoms with Crippen molar-refractivity contribution < 1.29 is 4.79 Å². The van der Waals surface area contributed by atoms with Crippen molar-refractivity contribution in [2.45, 2.75) is 56.9 Å². The van der Waals surface area contributed by atoms with Crippen LogP contribution in [0.4, 0.5) is 0 Å². The van der Waals surface area contributed by atoms with Gasteiger partial charge in [0.2, 0.25) is 0 Å². The minimum absolute atomic E-state index is 0.0957. The number of rotatable bonds is 4. The van der Waals surface area contributed by atoms with E-state index in [1.807, 2.05) is 25.3 Å². The highest BCUT2D eigenvalue weighted by Crippen LogP contribution is 2.27. The average Bonchev–Trinajstić information content (AvgIpc) is 2.48. The fourth-order valence-electron chi connectivity index (χ4n) is 2.95. The maximum atomic E-state index is 12.4. The molecule has 2 rings (SSSR count). The van der Waals surface area contributed by atoms with Crippen molar-refractivity contribution in [1.82, 2.24) is 5.32 Å². The van der Waals surface area contributed by atoms with Crippen LogP contribution in [0.25, 0.3) is 0 Å². The molecule has 1 fully saturated rings. The Balaban J connectivity index is 1.98. The third kappa shape index (κ3) is 3.78.